The minimum Gasteiger partial charge on any atom is -0.373 e. The average molecular weight is 521 g/mol. The molecule has 1 atom stereocenters. The summed E-state index contributed by atoms with van der Waals surface area (Å²) >= 11 is 6.62. The maximum absolute atomic E-state index is 14.1. The van der Waals surface area contributed by atoms with Crippen molar-refractivity contribution in [2.75, 3.05) is 33.2 Å². The Balaban J connectivity index is 0.000000209. The first kappa shape index (κ1) is 27.3. The molecule has 0 bridgehead atoms. The topological polar surface area (TPSA) is 32.3 Å². The fourth-order valence-corrected chi connectivity index (χ4v) is 5.49. The molecular formula is C31H38ClFN4. The molecule has 0 spiro atoms. The Morgan fingerprint density at radius 2 is 2.00 bits per heavy atom. The number of halogens is 2. The molecule has 1 aliphatic heterocycles. The molecule has 37 heavy (non-hydrogen) atoms. The SMILES string of the molecule is C=C(CCCC)N1CCN(C)CC1.C=Cc1ccc2c(Cl)c3c(nc2c1)CC(c1ncccc1F)CC3. The van der Waals surface area contributed by atoms with E-state index in [4.69, 9.17) is 16.6 Å². The lowest BCUT2D eigenvalue weighted by Gasteiger charge is -2.35. The average Bonchev–Trinajstić information content (AvgIpc) is 2.92. The summed E-state index contributed by atoms with van der Waals surface area (Å²) in [4.78, 5) is 13.9. The van der Waals surface area contributed by atoms with E-state index in [0.717, 1.165) is 45.6 Å². The predicted molar refractivity (Wildman–Crippen MR) is 154 cm³/mol. The molecule has 1 aliphatic carbocycles. The lowest BCUT2D eigenvalue weighted by molar-refractivity contribution is 0.182. The summed E-state index contributed by atoms with van der Waals surface area (Å²) < 4.78 is 14.1. The minimum atomic E-state index is -0.244. The van der Waals surface area contributed by atoms with Gasteiger partial charge in [0.05, 0.1) is 16.2 Å². The third-order valence-electron chi connectivity index (χ3n) is 7.49. The molecule has 0 radical (unpaired) electrons. The van der Waals surface area contributed by atoms with Gasteiger partial charge in [0.15, 0.2) is 0 Å². The highest BCUT2D eigenvalue weighted by atomic mass is 35.5. The van der Waals surface area contributed by atoms with Crippen LogP contribution in [0, 0.1) is 5.82 Å². The Kier molecular flexibility index (Phi) is 9.33. The second kappa shape index (κ2) is 12.7. The monoisotopic (exact) mass is 520 g/mol. The number of aromatic nitrogens is 2. The fraction of sp³-hybridized carbons (Fsp3) is 0.419. The smallest absolute Gasteiger partial charge is 0.144 e. The molecule has 1 saturated heterocycles. The lowest BCUT2D eigenvalue weighted by atomic mass is 9.84. The first-order valence-electron chi connectivity index (χ1n) is 13.4. The molecular weight excluding hydrogens is 483 g/mol. The van der Waals surface area contributed by atoms with Gasteiger partial charge >= 0.3 is 0 Å². The number of unbranched alkanes of at least 4 members (excludes halogenated alkanes) is 1. The van der Waals surface area contributed by atoms with Gasteiger partial charge in [0.1, 0.15) is 5.82 Å². The van der Waals surface area contributed by atoms with E-state index in [-0.39, 0.29) is 11.7 Å². The number of fused-ring (bicyclic) bond motifs is 2. The number of nitrogens with zero attached hydrogens (tertiary/aromatic N) is 4. The molecule has 5 rings (SSSR count). The van der Waals surface area contributed by atoms with Crippen molar-refractivity contribution in [3.8, 4) is 0 Å². The van der Waals surface area contributed by atoms with Gasteiger partial charge in [-0.05, 0) is 68.5 Å². The van der Waals surface area contributed by atoms with Crippen molar-refractivity contribution in [1.82, 2.24) is 19.8 Å². The van der Waals surface area contributed by atoms with Crippen LogP contribution in [0.4, 0.5) is 4.39 Å². The number of likely N-dealkylation sites (N-methyl/N-ethyl adjacent to an activating group) is 1. The largest absolute Gasteiger partial charge is 0.373 e. The predicted octanol–water partition coefficient (Wildman–Crippen LogP) is 7.28. The van der Waals surface area contributed by atoms with Crippen LogP contribution in [0.15, 0.2) is 55.4 Å². The van der Waals surface area contributed by atoms with Crippen LogP contribution in [0.25, 0.3) is 17.0 Å². The lowest BCUT2D eigenvalue weighted by Crippen LogP contribution is -2.43. The van der Waals surface area contributed by atoms with Crippen molar-refractivity contribution in [3.63, 3.8) is 0 Å². The summed E-state index contributed by atoms with van der Waals surface area (Å²) in [6, 6.07) is 9.06. The van der Waals surface area contributed by atoms with Gasteiger partial charge < -0.3 is 9.80 Å². The summed E-state index contributed by atoms with van der Waals surface area (Å²) in [5.41, 5.74) is 5.78. The van der Waals surface area contributed by atoms with E-state index >= 15 is 0 Å². The van der Waals surface area contributed by atoms with Crippen LogP contribution >= 0.6 is 11.6 Å². The van der Waals surface area contributed by atoms with Crippen LogP contribution in [0.3, 0.4) is 0 Å². The van der Waals surface area contributed by atoms with E-state index in [1.807, 2.05) is 18.2 Å². The highest BCUT2D eigenvalue weighted by Crippen LogP contribution is 2.38. The maximum Gasteiger partial charge on any atom is 0.144 e. The zero-order valence-electron chi connectivity index (χ0n) is 22.1. The molecule has 1 aromatic carbocycles. The standard InChI is InChI=1S/C20H16ClFN2.C11H22N2/c1-2-12-5-7-14-17(10-12)24-18-11-13(6-8-15(18)19(14)21)20-16(22)4-3-9-23-20;1-4-5-6-11(2)13-9-7-12(3)8-10-13/h2-5,7,9-10,13H,1,6,8,11H2;2,4-10H2,1,3H3. The number of pyridine rings is 2. The van der Waals surface area contributed by atoms with Crippen LogP contribution in [0.1, 0.15) is 61.0 Å². The Bertz CT molecular complexity index is 1250. The summed E-state index contributed by atoms with van der Waals surface area (Å²) in [5, 5.41) is 1.73. The fourth-order valence-electron chi connectivity index (χ4n) is 5.13. The second-order valence-corrected chi connectivity index (χ2v) is 10.5. The molecule has 1 fully saturated rings. The number of rotatable bonds is 6. The van der Waals surface area contributed by atoms with Gasteiger partial charge in [-0.25, -0.2) is 4.39 Å². The maximum atomic E-state index is 14.1. The molecule has 196 valence electrons. The van der Waals surface area contributed by atoms with Crippen molar-refractivity contribution < 1.29 is 4.39 Å². The van der Waals surface area contributed by atoms with Crippen molar-refractivity contribution in [2.24, 2.45) is 0 Å². The summed E-state index contributed by atoms with van der Waals surface area (Å²) in [6.07, 6.45) is 9.46. The number of piperazine rings is 1. The molecule has 0 N–H and O–H groups in total. The third kappa shape index (κ3) is 6.58. The highest BCUT2D eigenvalue weighted by molar-refractivity contribution is 6.36. The summed E-state index contributed by atoms with van der Waals surface area (Å²) in [7, 11) is 2.19. The van der Waals surface area contributed by atoms with Gasteiger partial charge in [0.2, 0.25) is 0 Å². The van der Waals surface area contributed by atoms with Gasteiger partial charge in [0.25, 0.3) is 0 Å². The van der Waals surface area contributed by atoms with Crippen LogP contribution in [-0.2, 0) is 12.8 Å². The van der Waals surface area contributed by atoms with E-state index in [1.165, 1.54) is 57.2 Å². The first-order chi connectivity index (χ1) is 17.9. The minimum absolute atomic E-state index is 0.0438. The molecule has 4 nitrogen and oxygen atoms in total. The number of benzene rings is 1. The number of hydrogen-bond acceptors (Lipinski definition) is 4. The quantitative estimate of drug-likeness (QED) is 0.342. The molecule has 3 aromatic rings. The molecule has 2 aromatic heterocycles. The summed E-state index contributed by atoms with van der Waals surface area (Å²) in [5.74, 6) is -0.200. The molecule has 0 saturated carbocycles. The first-order valence-corrected chi connectivity index (χ1v) is 13.7. The number of allylic oxidation sites excluding steroid dienone is 1. The number of hydrogen-bond donors (Lipinski definition) is 0. The second-order valence-electron chi connectivity index (χ2n) is 10.1. The Labute approximate surface area is 225 Å². The molecule has 0 amide bonds. The van der Waals surface area contributed by atoms with Crippen molar-refractivity contribution in [3.05, 3.63) is 88.7 Å². The third-order valence-corrected chi connectivity index (χ3v) is 7.92. The Morgan fingerprint density at radius 1 is 1.22 bits per heavy atom. The van der Waals surface area contributed by atoms with Gasteiger partial charge in [-0.15, -0.1) is 0 Å². The van der Waals surface area contributed by atoms with Gasteiger partial charge in [-0.1, -0.05) is 56.3 Å². The van der Waals surface area contributed by atoms with E-state index in [1.54, 1.807) is 18.3 Å². The zero-order valence-corrected chi connectivity index (χ0v) is 22.9. The molecule has 6 heteroatoms. The Hall–Kier alpha value is -2.76. The van der Waals surface area contributed by atoms with Gasteiger partial charge in [0, 0.05) is 55.1 Å². The van der Waals surface area contributed by atoms with E-state index < -0.39 is 0 Å². The van der Waals surface area contributed by atoms with E-state index in [9.17, 15) is 4.39 Å². The highest BCUT2D eigenvalue weighted by Gasteiger charge is 2.27. The van der Waals surface area contributed by atoms with Crippen molar-refractivity contribution in [1.29, 1.82) is 0 Å². The van der Waals surface area contributed by atoms with Gasteiger partial charge in [-0.2, -0.15) is 0 Å². The van der Waals surface area contributed by atoms with E-state index in [2.05, 4.69) is 41.9 Å². The molecule has 2 aliphatic rings. The Morgan fingerprint density at radius 3 is 2.70 bits per heavy atom. The molecule has 3 heterocycles. The van der Waals surface area contributed by atoms with Crippen LogP contribution in [-0.4, -0.2) is 53.0 Å². The van der Waals surface area contributed by atoms with E-state index in [0.29, 0.717) is 12.1 Å². The van der Waals surface area contributed by atoms with Crippen molar-refractivity contribution >= 4 is 28.6 Å². The van der Waals surface area contributed by atoms with Gasteiger partial charge in [-0.3, -0.25) is 9.97 Å². The van der Waals surface area contributed by atoms with Crippen LogP contribution < -0.4 is 0 Å². The van der Waals surface area contributed by atoms with Crippen LogP contribution in [0.5, 0.6) is 0 Å². The zero-order chi connectivity index (χ0) is 26.4. The van der Waals surface area contributed by atoms with Crippen LogP contribution in [0.2, 0.25) is 5.02 Å². The normalized spacial score (nSPS) is 17.6. The molecule has 1 unspecified atom stereocenters. The van der Waals surface area contributed by atoms with Crippen molar-refractivity contribution in [2.45, 2.75) is 51.4 Å². The summed E-state index contributed by atoms with van der Waals surface area (Å²) in [6.45, 7) is 14.9.